The first-order valence-corrected chi connectivity index (χ1v) is 37.2. The van der Waals surface area contributed by atoms with Gasteiger partial charge in [-0.15, -0.1) is 0 Å². The first-order chi connectivity index (χ1) is 54.4. The standard InChI is InChI=1S/C55H35N3.C49H31N3/c56-36-37-14-16-39(17-15-37)41-24-30-47(31-25-41)58-53-13-7-5-11-49(53)51-35-45(27-33-55(51)58)43-20-18-42(19-21-43)44-26-32-54-50(34-44)48-10-4-6-12-52(48)57(54)46-28-22-40(23-29-46)38-8-2-1-3-9-38;50-32-33-17-19-34(20-18-33)37-9-8-12-41(29-37)52-47-16-7-5-14-43(47)45-31-39(26-28-49(45)52)36-23-21-35(22-24-36)38-25-27-48-44(30-38)42-13-4-6-15-46(42)51(48)40-10-2-1-3-11-40/h1-35H;1-31H. The summed E-state index contributed by atoms with van der Waals surface area (Å²) in [4.78, 5) is 0. The Bertz CT molecular complexity index is 7210. The molecule has 0 amide bonds. The summed E-state index contributed by atoms with van der Waals surface area (Å²) in [5, 5.41) is 28.4. The summed E-state index contributed by atoms with van der Waals surface area (Å²) in [6.45, 7) is 0. The quantitative estimate of drug-likeness (QED) is 0.129. The van der Waals surface area contributed by atoms with Gasteiger partial charge >= 0.3 is 0 Å². The Kier molecular flexibility index (Phi) is 15.9. The smallest absolute Gasteiger partial charge is 0.0991 e. The van der Waals surface area contributed by atoms with E-state index in [1.807, 2.05) is 48.5 Å². The molecule has 21 aromatic rings. The summed E-state index contributed by atoms with van der Waals surface area (Å²) < 4.78 is 9.45. The van der Waals surface area contributed by atoms with Crippen LogP contribution in [0.2, 0.25) is 0 Å². The molecule has 512 valence electrons. The fraction of sp³-hybridized carbons (Fsp3) is 0. The number of para-hydroxylation sites is 5. The van der Waals surface area contributed by atoms with Crippen molar-refractivity contribution < 1.29 is 0 Å². The minimum atomic E-state index is 0.665. The minimum absolute atomic E-state index is 0.665. The molecule has 0 N–H and O–H groups in total. The second-order valence-corrected chi connectivity index (χ2v) is 28.2. The fourth-order valence-electron chi connectivity index (χ4n) is 16.5. The zero-order valence-electron chi connectivity index (χ0n) is 59.8. The van der Waals surface area contributed by atoms with Crippen LogP contribution in [0, 0.1) is 22.7 Å². The Morgan fingerprint density at radius 2 is 0.355 bits per heavy atom. The maximum atomic E-state index is 9.26. The molecule has 0 saturated carbocycles. The number of fused-ring (bicyclic) bond motifs is 12. The van der Waals surface area contributed by atoms with Gasteiger partial charge in [0.15, 0.2) is 0 Å². The normalized spacial score (nSPS) is 11.4. The fourth-order valence-corrected chi connectivity index (χ4v) is 16.5. The maximum absolute atomic E-state index is 9.26. The molecule has 6 nitrogen and oxygen atoms in total. The Morgan fingerprint density at radius 1 is 0.145 bits per heavy atom. The number of hydrogen-bond acceptors (Lipinski definition) is 2. The van der Waals surface area contributed by atoms with Crippen molar-refractivity contribution in [3.05, 3.63) is 412 Å². The Hall–Kier alpha value is -15.1. The molecule has 0 spiro atoms. The summed E-state index contributed by atoms with van der Waals surface area (Å²) >= 11 is 0. The third-order valence-corrected chi connectivity index (χ3v) is 22.0. The molecule has 0 fully saturated rings. The lowest BCUT2D eigenvalue weighted by Gasteiger charge is -2.11. The van der Waals surface area contributed by atoms with Crippen molar-refractivity contribution in [3.8, 4) is 113 Å². The molecule has 0 aliphatic carbocycles. The van der Waals surface area contributed by atoms with Gasteiger partial charge in [0.2, 0.25) is 0 Å². The Morgan fingerprint density at radius 3 is 0.682 bits per heavy atom. The SMILES string of the molecule is N#Cc1ccc(-c2ccc(-n3c4ccccc4c4cc(-c5ccc(-c6ccc7c(c6)c6ccccc6n7-c6ccc(-c7ccccc7)cc6)cc5)ccc43)cc2)cc1.N#Cc1ccc(-c2cccc(-n3c4ccccc4c4cc(-c5ccc(-c6ccc7c(c6)c6ccccc6n7-c6ccccc6)cc5)ccc43)c2)cc1. The van der Waals surface area contributed by atoms with E-state index >= 15 is 0 Å². The molecule has 4 aromatic heterocycles. The van der Waals surface area contributed by atoms with Gasteiger partial charge in [0.25, 0.3) is 0 Å². The largest absolute Gasteiger partial charge is 0.309 e. The van der Waals surface area contributed by atoms with Gasteiger partial charge in [0, 0.05) is 65.8 Å². The average Bonchev–Trinajstić information content (AvgIpc) is 1.61. The number of benzene rings is 17. The summed E-state index contributed by atoms with van der Waals surface area (Å²) in [5.41, 5.74) is 31.8. The molecular weight excluding hydrogens is 1330 g/mol. The highest BCUT2D eigenvalue weighted by molar-refractivity contribution is 6.14. The van der Waals surface area contributed by atoms with Crippen LogP contribution in [0.4, 0.5) is 0 Å². The van der Waals surface area contributed by atoms with Crippen LogP contribution in [0.25, 0.3) is 188 Å². The zero-order chi connectivity index (χ0) is 73.2. The number of rotatable bonds is 11. The van der Waals surface area contributed by atoms with E-state index in [9.17, 15) is 10.5 Å². The molecular formula is C104H66N6. The van der Waals surface area contributed by atoms with Gasteiger partial charge in [0.1, 0.15) is 0 Å². The molecule has 0 bridgehead atoms. The van der Waals surface area contributed by atoms with E-state index in [0.29, 0.717) is 11.1 Å². The predicted molar refractivity (Wildman–Crippen MR) is 458 cm³/mol. The van der Waals surface area contributed by atoms with Gasteiger partial charge in [-0.25, -0.2) is 0 Å². The first kappa shape index (κ1) is 64.5. The van der Waals surface area contributed by atoms with Crippen LogP contribution in [0.3, 0.4) is 0 Å². The Balaban J connectivity index is 0.000000145. The molecule has 0 radical (unpaired) electrons. The number of nitrogens with zero attached hydrogens (tertiary/aromatic N) is 6. The minimum Gasteiger partial charge on any atom is -0.309 e. The summed E-state index contributed by atoms with van der Waals surface area (Å²) in [7, 11) is 0. The van der Waals surface area contributed by atoms with Crippen molar-refractivity contribution in [1.29, 1.82) is 10.5 Å². The van der Waals surface area contributed by atoms with Crippen molar-refractivity contribution >= 4 is 87.2 Å². The van der Waals surface area contributed by atoms with Crippen molar-refractivity contribution in [2.45, 2.75) is 0 Å². The van der Waals surface area contributed by atoms with E-state index in [1.165, 1.54) is 149 Å². The molecule has 21 rings (SSSR count). The van der Waals surface area contributed by atoms with Crippen molar-refractivity contribution in [1.82, 2.24) is 18.3 Å². The molecule has 0 unspecified atom stereocenters. The van der Waals surface area contributed by atoms with Gasteiger partial charge in [-0.05, 0) is 223 Å². The highest BCUT2D eigenvalue weighted by atomic mass is 15.0. The molecule has 4 heterocycles. The van der Waals surface area contributed by atoms with Crippen LogP contribution in [0.1, 0.15) is 11.1 Å². The van der Waals surface area contributed by atoms with Crippen molar-refractivity contribution in [3.63, 3.8) is 0 Å². The molecule has 110 heavy (non-hydrogen) atoms. The second-order valence-electron chi connectivity index (χ2n) is 28.2. The number of aromatic nitrogens is 4. The molecule has 0 saturated heterocycles. The van der Waals surface area contributed by atoms with Crippen molar-refractivity contribution in [2.24, 2.45) is 0 Å². The molecule has 0 atom stereocenters. The maximum Gasteiger partial charge on any atom is 0.0991 e. The van der Waals surface area contributed by atoms with Gasteiger partial charge in [-0.2, -0.15) is 10.5 Å². The van der Waals surface area contributed by atoms with Crippen molar-refractivity contribution in [2.75, 3.05) is 0 Å². The molecule has 6 heteroatoms. The average molecular weight is 1400 g/mol. The summed E-state index contributed by atoms with van der Waals surface area (Å²) in [5.74, 6) is 0. The van der Waals surface area contributed by atoms with Crippen LogP contribution < -0.4 is 0 Å². The van der Waals surface area contributed by atoms with Crippen LogP contribution in [0.15, 0.2) is 400 Å². The third-order valence-electron chi connectivity index (χ3n) is 22.0. The van der Waals surface area contributed by atoms with Crippen LogP contribution in [0.5, 0.6) is 0 Å². The molecule has 0 aliphatic heterocycles. The van der Waals surface area contributed by atoms with Gasteiger partial charge in [0.05, 0.1) is 67.4 Å². The Labute approximate surface area is 636 Å². The highest BCUT2D eigenvalue weighted by Crippen LogP contribution is 2.42. The zero-order valence-corrected chi connectivity index (χ0v) is 59.8. The van der Waals surface area contributed by atoms with Gasteiger partial charge in [-0.3, -0.25) is 0 Å². The van der Waals surface area contributed by atoms with E-state index in [4.69, 9.17) is 0 Å². The third kappa shape index (κ3) is 11.4. The molecule has 0 aliphatic rings. The highest BCUT2D eigenvalue weighted by Gasteiger charge is 2.20. The number of nitriles is 2. The monoisotopic (exact) mass is 1400 g/mol. The topological polar surface area (TPSA) is 67.3 Å². The van der Waals surface area contributed by atoms with Crippen LogP contribution in [-0.2, 0) is 0 Å². The van der Waals surface area contributed by atoms with E-state index in [1.54, 1.807) is 0 Å². The van der Waals surface area contributed by atoms with Crippen LogP contribution >= 0.6 is 0 Å². The van der Waals surface area contributed by atoms with Gasteiger partial charge in [-0.1, -0.05) is 255 Å². The lowest BCUT2D eigenvalue weighted by atomic mass is 9.98. The second kappa shape index (κ2) is 27.1. The van der Waals surface area contributed by atoms with Gasteiger partial charge < -0.3 is 18.3 Å². The van der Waals surface area contributed by atoms with E-state index in [2.05, 4.69) is 382 Å². The molecule has 17 aromatic carbocycles. The van der Waals surface area contributed by atoms with E-state index < -0.39 is 0 Å². The predicted octanol–water partition coefficient (Wildman–Crippen LogP) is 27.2. The first-order valence-electron chi connectivity index (χ1n) is 37.2. The van der Waals surface area contributed by atoms with Crippen LogP contribution in [-0.4, -0.2) is 18.3 Å². The van der Waals surface area contributed by atoms with E-state index in [0.717, 1.165) is 39.3 Å². The lowest BCUT2D eigenvalue weighted by Crippen LogP contribution is -1.94. The van der Waals surface area contributed by atoms with E-state index in [-0.39, 0.29) is 0 Å². The summed E-state index contributed by atoms with van der Waals surface area (Å²) in [6, 6.07) is 147. The lowest BCUT2D eigenvalue weighted by molar-refractivity contribution is 1.18. The number of hydrogen-bond donors (Lipinski definition) is 0. The summed E-state index contributed by atoms with van der Waals surface area (Å²) in [6.07, 6.45) is 0.